The first-order chi connectivity index (χ1) is 18.1. The average Bonchev–Trinajstić information content (AvgIpc) is 3.37. The van der Waals surface area contributed by atoms with Gasteiger partial charge >= 0.3 is 11.9 Å². The fourth-order valence-corrected chi connectivity index (χ4v) is 5.53. The second kappa shape index (κ2) is 9.47. The van der Waals surface area contributed by atoms with Crippen molar-refractivity contribution < 1.29 is 28.9 Å². The molecule has 184 valence electrons. The fourth-order valence-electron chi connectivity index (χ4n) is 5.53. The van der Waals surface area contributed by atoms with Crippen LogP contribution in [0.3, 0.4) is 0 Å². The fraction of sp³-hybridized carbons (Fsp3) is 0.161. The summed E-state index contributed by atoms with van der Waals surface area (Å²) in [4.78, 5) is 26.1. The summed E-state index contributed by atoms with van der Waals surface area (Å²) in [6.07, 6.45) is 0. The molecule has 6 rings (SSSR count). The van der Waals surface area contributed by atoms with Crippen LogP contribution in [-0.2, 0) is 9.59 Å². The number of carboxylic acids is 1. The van der Waals surface area contributed by atoms with Crippen LogP contribution in [0, 0.1) is 11.8 Å². The molecule has 2 unspecified atom stereocenters. The molecule has 2 aliphatic rings. The van der Waals surface area contributed by atoms with Crippen molar-refractivity contribution in [3.05, 3.63) is 114 Å². The lowest BCUT2D eigenvalue weighted by Gasteiger charge is -2.48. The Morgan fingerprint density at radius 2 is 1.30 bits per heavy atom. The highest BCUT2D eigenvalue weighted by atomic mass is 16.7. The Balaban J connectivity index is 1.32. The number of carbonyl (C=O) groups is 2. The maximum absolute atomic E-state index is 13.7. The molecule has 1 saturated carbocycles. The van der Waals surface area contributed by atoms with E-state index >= 15 is 0 Å². The van der Waals surface area contributed by atoms with Crippen LogP contribution in [0.1, 0.15) is 23.0 Å². The molecule has 6 heteroatoms. The lowest BCUT2D eigenvalue weighted by molar-refractivity contribution is -0.158. The molecule has 4 atom stereocenters. The number of ether oxygens (including phenoxy) is 3. The van der Waals surface area contributed by atoms with Gasteiger partial charge in [-0.1, -0.05) is 78.9 Å². The molecule has 0 radical (unpaired) electrons. The molecule has 0 saturated heterocycles. The van der Waals surface area contributed by atoms with Crippen LogP contribution in [0.15, 0.2) is 103 Å². The van der Waals surface area contributed by atoms with E-state index in [2.05, 4.69) is 0 Å². The molecule has 1 aliphatic heterocycles. The van der Waals surface area contributed by atoms with Crippen molar-refractivity contribution in [1.82, 2.24) is 0 Å². The third kappa shape index (κ3) is 4.20. The number of aliphatic carboxylic acids is 1. The average molecular weight is 493 g/mol. The first-order valence-electron chi connectivity index (χ1n) is 12.1. The van der Waals surface area contributed by atoms with Crippen molar-refractivity contribution in [2.24, 2.45) is 11.8 Å². The van der Waals surface area contributed by atoms with Gasteiger partial charge < -0.3 is 19.3 Å². The number of hydrogen-bond acceptors (Lipinski definition) is 5. The number of rotatable bonds is 6. The predicted octanol–water partition coefficient (Wildman–Crippen LogP) is 5.89. The lowest BCUT2D eigenvalue weighted by Crippen LogP contribution is -2.52. The Hall–Kier alpha value is -4.58. The van der Waals surface area contributed by atoms with E-state index in [1.807, 2.05) is 91.0 Å². The van der Waals surface area contributed by atoms with Crippen LogP contribution < -0.4 is 14.2 Å². The standard InChI is InChI=1S/C31H24O6/c32-30(33)28-26(19-8-3-1-4-9-19)29(27(28)20-10-5-2-6-11-20)31(34)37-23-13-7-12-21(16-23)22-14-15-24-25(17-22)36-18-35-24/h1-17,26-29H,18H2,(H,32,33)/t26-,27?,28+,29?/m1/s1. The van der Waals surface area contributed by atoms with Crippen molar-refractivity contribution in [2.75, 3.05) is 6.79 Å². The minimum atomic E-state index is -0.920. The summed E-state index contributed by atoms with van der Waals surface area (Å²) in [5.41, 5.74) is 3.40. The summed E-state index contributed by atoms with van der Waals surface area (Å²) in [6, 6.07) is 31.7. The predicted molar refractivity (Wildman–Crippen MR) is 137 cm³/mol. The van der Waals surface area contributed by atoms with Crippen molar-refractivity contribution in [1.29, 1.82) is 0 Å². The van der Waals surface area contributed by atoms with Gasteiger partial charge in [-0.25, -0.2) is 0 Å². The highest BCUT2D eigenvalue weighted by Gasteiger charge is 2.59. The second-order valence-corrected chi connectivity index (χ2v) is 9.28. The molecule has 6 nitrogen and oxygen atoms in total. The Bertz CT molecular complexity index is 1400. The van der Waals surface area contributed by atoms with Gasteiger partial charge in [0.25, 0.3) is 0 Å². The van der Waals surface area contributed by atoms with E-state index in [1.165, 1.54) is 0 Å². The molecular weight excluding hydrogens is 468 g/mol. The Labute approximate surface area is 214 Å². The van der Waals surface area contributed by atoms with Gasteiger partial charge in [-0.2, -0.15) is 0 Å². The smallest absolute Gasteiger partial charge is 0.315 e. The Kier molecular flexibility index (Phi) is 5.85. The van der Waals surface area contributed by atoms with Crippen molar-refractivity contribution in [3.63, 3.8) is 0 Å². The van der Waals surface area contributed by atoms with Gasteiger partial charge in [-0.15, -0.1) is 0 Å². The summed E-state index contributed by atoms with van der Waals surface area (Å²) in [7, 11) is 0. The second-order valence-electron chi connectivity index (χ2n) is 9.28. The van der Waals surface area contributed by atoms with Crippen LogP contribution in [0.25, 0.3) is 11.1 Å². The Morgan fingerprint density at radius 3 is 1.95 bits per heavy atom. The van der Waals surface area contributed by atoms with Crippen LogP contribution in [0.5, 0.6) is 17.2 Å². The van der Waals surface area contributed by atoms with Crippen LogP contribution in [0.4, 0.5) is 0 Å². The molecule has 0 aromatic heterocycles. The topological polar surface area (TPSA) is 82.1 Å². The van der Waals surface area contributed by atoms with Gasteiger partial charge in [0.1, 0.15) is 5.75 Å². The zero-order chi connectivity index (χ0) is 25.4. The molecule has 37 heavy (non-hydrogen) atoms. The number of esters is 1. The van der Waals surface area contributed by atoms with Crippen molar-refractivity contribution in [2.45, 2.75) is 11.8 Å². The molecule has 1 aliphatic carbocycles. The van der Waals surface area contributed by atoms with E-state index in [1.54, 1.807) is 12.1 Å². The molecule has 1 heterocycles. The summed E-state index contributed by atoms with van der Waals surface area (Å²) < 4.78 is 16.8. The van der Waals surface area contributed by atoms with Gasteiger partial charge in [0.2, 0.25) is 6.79 Å². The minimum Gasteiger partial charge on any atom is -0.481 e. The number of carboxylic acid groups (broad SMARTS) is 1. The quantitative estimate of drug-likeness (QED) is 0.267. The van der Waals surface area contributed by atoms with E-state index in [0.29, 0.717) is 17.2 Å². The van der Waals surface area contributed by atoms with E-state index in [9.17, 15) is 14.7 Å². The van der Waals surface area contributed by atoms with Gasteiger partial charge in [0.15, 0.2) is 11.5 Å². The largest absolute Gasteiger partial charge is 0.481 e. The number of benzene rings is 4. The molecule has 4 aromatic rings. The van der Waals surface area contributed by atoms with Gasteiger partial charge in [0.05, 0.1) is 11.8 Å². The maximum Gasteiger partial charge on any atom is 0.315 e. The number of hydrogen-bond donors (Lipinski definition) is 1. The van der Waals surface area contributed by atoms with E-state index < -0.39 is 35.6 Å². The third-order valence-corrected chi connectivity index (χ3v) is 7.23. The molecule has 4 aromatic carbocycles. The van der Waals surface area contributed by atoms with Crippen molar-refractivity contribution in [3.8, 4) is 28.4 Å². The SMILES string of the molecule is O=C(Oc1cccc(-c2ccc3c(c2)OCO3)c1)C1C(c2ccccc2)[C@@H](C(=O)O)[C@H]1c1ccccc1. The van der Waals surface area contributed by atoms with Crippen LogP contribution >= 0.6 is 0 Å². The van der Waals surface area contributed by atoms with Crippen molar-refractivity contribution >= 4 is 11.9 Å². The van der Waals surface area contributed by atoms with Crippen LogP contribution in [-0.4, -0.2) is 23.8 Å². The van der Waals surface area contributed by atoms with E-state index in [-0.39, 0.29) is 6.79 Å². The minimum absolute atomic E-state index is 0.195. The summed E-state index contributed by atoms with van der Waals surface area (Å²) in [6.45, 7) is 0.195. The molecule has 0 amide bonds. The zero-order valence-electron chi connectivity index (χ0n) is 19.8. The van der Waals surface area contributed by atoms with Gasteiger partial charge in [-0.3, -0.25) is 9.59 Å². The first-order valence-corrected chi connectivity index (χ1v) is 12.1. The highest BCUT2D eigenvalue weighted by molar-refractivity contribution is 5.86. The zero-order valence-corrected chi connectivity index (χ0v) is 19.8. The highest BCUT2D eigenvalue weighted by Crippen LogP contribution is 2.58. The molecule has 0 bridgehead atoms. The van der Waals surface area contributed by atoms with Gasteiger partial charge in [0, 0.05) is 11.8 Å². The maximum atomic E-state index is 13.7. The monoisotopic (exact) mass is 492 g/mol. The first kappa shape index (κ1) is 22.9. The molecular formula is C31H24O6. The van der Waals surface area contributed by atoms with E-state index in [0.717, 1.165) is 22.3 Å². The molecule has 1 fully saturated rings. The summed E-state index contributed by atoms with van der Waals surface area (Å²) in [5.74, 6) is -1.95. The summed E-state index contributed by atoms with van der Waals surface area (Å²) in [5, 5.41) is 10.1. The number of carbonyl (C=O) groups excluding carboxylic acids is 1. The van der Waals surface area contributed by atoms with Gasteiger partial charge in [-0.05, 0) is 46.5 Å². The molecule has 1 N–H and O–H groups in total. The lowest BCUT2D eigenvalue weighted by atomic mass is 9.52. The number of fused-ring (bicyclic) bond motifs is 1. The molecule has 0 spiro atoms. The summed E-state index contributed by atoms with van der Waals surface area (Å²) >= 11 is 0. The third-order valence-electron chi connectivity index (χ3n) is 7.23. The Morgan fingerprint density at radius 1 is 0.676 bits per heavy atom. The van der Waals surface area contributed by atoms with Crippen LogP contribution in [0.2, 0.25) is 0 Å². The van der Waals surface area contributed by atoms with E-state index in [4.69, 9.17) is 14.2 Å². The normalized spacial score (nSPS) is 21.6.